The van der Waals surface area contributed by atoms with Gasteiger partial charge in [0.15, 0.2) is 0 Å². The van der Waals surface area contributed by atoms with Gasteiger partial charge >= 0.3 is 0 Å². The van der Waals surface area contributed by atoms with E-state index in [1.165, 1.54) is 29.6 Å². The molecule has 1 saturated carbocycles. The molecule has 9 heteroatoms. The third-order valence-corrected chi connectivity index (χ3v) is 4.16. The van der Waals surface area contributed by atoms with E-state index in [2.05, 4.69) is 26.2 Å². The summed E-state index contributed by atoms with van der Waals surface area (Å²) in [7, 11) is 0. The van der Waals surface area contributed by atoms with Gasteiger partial charge in [0.05, 0.1) is 5.56 Å². The van der Waals surface area contributed by atoms with Crippen molar-refractivity contribution in [1.29, 1.82) is 0 Å². The topological polar surface area (TPSA) is 122 Å². The van der Waals surface area contributed by atoms with Crippen molar-refractivity contribution in [1.82, 2.24) is 25.5 Å². The van der Waals surface area contributed by atoms with Gasteiger partial charge in [-0.2, -0.15) is 0 Å². The van der Waals surface area contributed by atoms with Gasteiger partial charge < -0.3 is 15.7 Å². The summed E-state index contributed by atoms with van der Waals surface area (Å²) in [5, 5.41) is 26.2. The molecule has 0 bridgehead atoms. The lowest BCUT2D eigenvalue weighted by molar-refractivity contribution is -0.116. The van der Waals surface area contributed by atoms with Crippen molar-refractivity contribution in [2.75, 3.05) is 5.32 Å². The number of carbonyl (C=O) groups excluding carboxylic acids is 2. The number of carbonyl (C=O) groups is 2. The van der Waals surface area contributed by atoms with Crippen LogP contribution in [0.1, 0.15) is 42.5 Å². The Bertz CT molecular complexity index is 740. The van der Waals surface area contributed by atoms with E-state index in [1.54, 1.807) is 6.07 Å². The maximum atomic E-state index is 12.3. The highest BCUT2D eigenvalue weighted by Crippen LogP contribution is 2.23. The van der Waals surface area contributed by atoms with Gasteiger partial charge in [0.1, 0.15) is 18.6 Å². The van der Waals surface area contributed by atoms with Crippen molar-refractivity contribution in [2.24, 2.45) is 0 Å². The Kier molecular flexibility index (Phi) is 5.22. The summed E-state index contributed by atoms with van der Waals surface area (Å²) >= 11 is 0. The first-order valence-electron chi connectivity index (χ1n) is 8.26. The van der Waals surface area contributed by atoms with E-state index in [0.29, 0.717) is 5.69 Å². The molecule has 0 radical (unpaired) electrons. The van der Waals surface area contributed by atoms with Gasteiger partial charge in [-0.25, -0.2) is 4.68 Å². The Labute approximate surface area is 144 Å². The lowest BCUT2D eigenvalue weighted by Crippen LogP contribution is -2.36. The second-order valence-corrected chi connectivity index (χ2v) is 6.10. The minimum atomic E-state index is -0.342. The number of amides is 2. The number of phenols is 1. The fraction of sp³-hybridized carbons (Fsp3) is 0.438. The second kappa shape index (κ2) is 7.73. The molecular weight excluding hydrogens is 324 g/mol. The second-order valence-electron chi connectivity index (χ2n) is 6.10. The first kappa shape index (κ1) is 16.9. The average Bonchev–Trinajstić information content (AvgIpc) is 3.08. The largest absolute Gasteiger partial charge is 0.507 e. The standard InChI is InChI=1S/C16H20N6O3/c23-14-8-12(18-15(24)9-22-10-17-20-21-22)6-7-13(14)16(25)19-11-4-2-1-3-5-11/h6-8,10-11,23H,1-5,9H2,(H,18,24)(H,19,25). The lowest BCUT2D eigenvalue weighted by atomic mass is 9.95. The predicted molar refractivity (Wildman–Crippen MR) is 88.9 cm³/mol. The maximum Gasteiger partial charge on any atom is 0.255 e. The molecule has 3 rings (SSSR count). The molecule has 25 heavy (non-hydrogen) atoms. The zero-order valence-electron chi connectivity index (χ0n) is 13.7. The average molecular weight is 344 g/mol. The van der Waals surface area contributed by atoms with Crippen LogP contribution in [0.5, 0.6) is 5.75 Å². The summed E-state index contributed by atoms with van der Waals surface area (Å²) in [6, 6.07) is 4.59. The summed E-state index contributed by atoms with van der Waals surface area (Å²) in [6.07, 6.45) is 6.70. The van der Waals surface area contributed by atoms with Crippen molar-refractivity contribution >= 4 is 17.5 Å². The zero-order valence-corrected chi connectivity index (χ0v) is 13.7. The number of phenolic OH excluding ortho intramolecular Hbond substituents is 1. The van der Waals surface area contributed by atoms with E-state index in [-0.39, 0.29) is 35.7 Å². The van der Waals surface area contributed by atoms with Crippen LogP contribution in [-0.2, 0) is 11.3 Å². The minimum Gasteiger partial charge on any atom is -0.507 e. The molecule has 3 N–H and O–H groups in total. The van der Waals surface area contributed by atoms with E-state index in [9.17, 15) is 14.7 Å². The molecule has 132 valence electrons. The lowest BCUT2D eigenvalue weighted by Gasteiger charge is -2.23. The number of tetrazole rings is 1. The highest BCUT2D eigenvalue weighted by Gasteiger charge is 2.19. The van der Waals surface area contributed by atoms with Gasteiger partial charge in [0, 0.05) is 17.8 Å². The van der Waals surface area contributed by atoms with E-state index >= 15 is 0 Å². The van der Waals surface area contributed by atoms with Crippen molar-refractivity contribution in [3.05, 3.63) is 30.1 Å². The molecule has 1 fully saturated rings. The van der Waals surface area contributed by atoms with Gasteiger partial charge in [-0.05, 0) is 35.4 Å². The van der Waals surface area contributed by atoms with Crippen molar-refractivity contribution < 1.29 is 14.7 Å². The Morgan fingerprint density at radius 2 is 2.04 bits per heavy atom. The fourth-order valence-electron chi connectivity index (χ4n) is 2.91. The summed E-state index contributed by atoms with van der Waals surface area (Å²) in [6.45, 7) is -0.0440. The molecule has 0 atom stereocenters. The minimum absolute atomic E-state index is 0.0440. The Morgan fingerprint density at radius 3 is 2.72 bits per heavy atom. The number of aromatic nitrogens is 4. The van der Waals surface area contributed by atoms with Crippen molar-refractivity contribution in [2.45, 2.75) is 44.7 Å². The highest BCUT2D eigenvalue weighted by atomic mass is 16.3. The van der Waals surface area contributed by atoms with E-state index in [1.807, 2.05) is 0 Å². The van der Waals surface area contributed by atoms with E-state index in [0.717, 1.165) is 25.7 Å². The first-order chi connectivity index (χ1) is 12.1. The number of nitrogens with one attached hydrogen (secondary N) is 2. The van der Waals surface area contributed by atoms with Crippen LogP contribution >= 0.6 is 0 Å². The molecule has 1 aromatic carbocycles. The van der Waals surface area contributed by atoms with Crippen LogP contribution in [0.4, 0.5) is 5.69 Å². The van der Waals surface area contributed by atoms with Crippen molar-refractivity contribution in [3.8, 4) is 5.75 Å². The van der Waals surface area contributed by atoms with Crippen LogP contribution in [0.15, 0.2) is 24.5 Å². The van der Waals surface area contributed by atoms with Crippen LogP contribution in [0.2, 0.25) is 0 Å². The molecule has 2 aromatic rings. The normalized spacial score (nSPS) is 14.9. The number of aromatic hydroxyl groups is 1. The molecule has 9 nitrogen and oxygen atoms in total. The summed E-state index contributed by atoms with van der Waals surface area (Å²) in [4.78, 5) is 24.2. The van der Waals surface area contributed by atoms with Crippen LogP contribution in [0.25, 0.3) is 0 Å². The third-order valence-electron chi connectivity index (χ3n) is 4.16. The van der Waals surface area contributed by atoms with Crippen LogP contribution in [0.3, 0.4) is 0 Å². The van der Waals surface area contributed by atoms with E-state index < -0.39 is 0 Å². The van der Waals surface area contributed by atoms with Crippen LogP contribution in [-0.4, -0.2) is 43.2 Å². The number of benzene rings is 1. The Hall–Kier alpha value is -2.97. The van der Waals surface area contributed by atoms with Crippen LogP contribution < -0.4 is 10.6 Å². The molecule has 0 aliphatic heterocycles. The van der Waals surface area contributed by atoms with Gasteiger partial charge in [0.2, 0.25) is 5.91 Å². The molecule has 1 aromatic heterocycles. The molecule has 0 unspecified atom stereocenters. The Morgan fingerprint density at radius 1 is 1.24 bits per heavy atom. The molecule has 0 saturated heterocycles. The third kappa shape index (κ3) is 4.52. The van der Waals surface area contributed by atoms with Crippen molar-refractivity contribution in [3.63, 3.8) is 0 Å². The highest BCUT2D eigenvalue weighted by molar-refractivity contribution is 5.98. The molecule has 0 spiro atoms. The summed E-state index contributed by atoms with van der Waals surface area (Å²) in [5.74, 6) is -0.810. The van der Waals surface area contributed by atoms with Gasteiger partial charge in [-0.3, -0.25) is 9.59 Å². The monoisotopic (exact) mass is 344 g/mol. The smallest absolute Gasteiger partial charge is 0.255 e. The Balaban J connectivity index is 1.59. The van der Waals surface area contributed by atoms with Crippen LogP contribution in [0, 0.1) is 0 Å². The molecule has 1 aliphatic rings. The van der Waals surface area contributed by atoms with Gasteiger partial charge in [0.25, 0.3) is 5.91 Å². The predicted octanol–water partition coefficient (Wildman–Crippen LogP) is 1.08. The molecule has 2 amide bonds. The summed E-state index contributed by atoms with van der Waals surface area (Å²) in [5.41, 5.74) is 0.592. The fourth-order valence-corrected chi connectivity index (χ4v) is 2.91. The number of anilines is 1. The SMILES string of the molecule is O=C(Cn1cnnn1)Nc1ccc(C(=O)NC2CCCCC2)c(O)c1. The number of hydrogen-bond donors (Lipinski definition) is 3. The number of rotatable bonds is 5. The van der Waals surface area contributed by atoms with E-state index in [4.69, 9.17) is 0 Å². The van der Waals surface area contributed by atoms with Gasteiger partial charge in [-0.1, -0.05) is 19.3 Å². The quantitative estimate of drug-likeness (QED) is 0.746. The summed E-state index contributed by atoms with van der Waals surface area (Å²) < 4.78 is 1.28. The maximum absolute atomic E-state index is 12.3. The molecule has 1 heterocycles. The number of hydrogen-bond acceptors (Lipinski definition) is 6. The first-order valence-corrected chi connectivity index (χ1v) is 8.26. The van der Waals surface area contributed by atoms with Gasteiger partial charge in [-0.15, -0.1) is 5.10 Å². The molecular formula is C16H20N6O3. The molecule has 1 aliphatic carbocycles. The zero-order chi connectivity index (χ0) is 17.6. The number of nitrogens with zero attached hydrogens (tertiary/aromatic N) is 4.